The van der Waals surface area contributed by atoms with Crippen LogP contribution in [0.5, 0.6) is 0 Å². The van der Waals surface area contributed by atoms with Gasteiger partial charge in [-0.15, -0.1) is 0 Å². The molecule has 0 aliphatic rings. The molecule has 0 heterocycles. The lowest BCUT2D eigenvalue weighted by Gasteiger charge is -2.37. The van der Waals surface area contributed by atoms with E-state index in [1.807, 2.05) is 39.1 Å². The number of nitrogens with one attached hydrogen (secondary N) is 1. The van der Waals surface area contributed by atoms with Crippen LogP contribution in [0, 0.1) is 0 Å². The van der Waals surface area contributed by atoms with E-state index in [-0.39, 0.29) is 12.1 Å². The minimum absolute atomic E-state index is 0.0759. The number of ether oxygens (including phenoxy) is 1. The first-order chi connectivity index (χ1) is 9.42. The third-order valence-electron chi connectivity index (χ3n) is 3.50. The van der Waals surface area contributed by atoms with Crippen LogP contribution in [-0.4, -0.2) is 44.6 Å². The van der Waals surface area contributed by atoms with Crippen LogP contribution in [0.3, 0.4) is 0 Å². The number of methoxy groups -OCH3 is 1. The van der Waals surface area contributed by atoms with Gasteiger partial charge in [0, 0.05) is 38.0 Å². The van der Waals surface area contributed by atoms with Crippen molar-refractivity contribution < 1.29 is 9.84 Å². The Hall–Kier alpha value is -0.810. The van der Waals surface area contributed by atoms with E-state index in [1.54, 1.807) is 7.11 Å². The molecule has 0 fully saturated rings. The molecule has 0 saturated carbocycles. The molecule has 20 heavy (non-hydrogen) atoms. The Bertz CT molecular complexity index is 424. The second kappa shape index (κ2) is 7.84. The molecule has 2 N–H and O–H groups in total. The number of benzene rings is 1. The van der Waals surface area contributed by atoms with Crippen molar-refractivity contribution in [3.8, 4) is 0 Å². The van der Waals surface area contributed by atoms with Crippen molar-refractivity contribution in [2.24, 2.45) is 0 Å². The first-order valence-corrected chi connectivity index (χ1v) is 7.13. The highest BCUT2D eigenvalue weighted by molar-refractivity contribution is 6.30. The molecule has 0 amide bonds. The number of aliphatic hydroxyl groups is 1. The maximum Gasteiger partial charge on any atom is 0.0658 e. The Balaban J connectivity index is 2.90. The van der Waals surface area contributed by atoms with Crippen LogP contribution < -0.4 is 10.2 Å². The Morgan fingerprint density at radius 2 is 2.10 bits per heavy atom. The molecule has 114 valence electrons. The number of rotatable bonds is 8. The van der Waals surface area contributed by atoms with Crippen molar-refractivity contribution in [1.82, 2.24) is 5.32 Å². The molecule has 1 aromatic carbocycles. The van der Waals surface area contributed by atoms with Gasteiger partial charge in [-0.25, -0.2) is 0 Å². The molecule has 0 radical (unpaired) electrons. The van der Waals surface area contributed by atoms with E-state index in [9.17, 15) is 5.11 Å². The molecule has 1 aromatic rings. The van der Waals surface area contributed by atoms with E-state index < -0.39 is 0 Å². The number of anilines is 1. The summed E-state index contributed by atoms with van der Waals surface area (Å²) in [5.41, 5.74) is 1.84. The summed E-state index contributed by atoms with van der Waals surface area (Å²) >= 11 is 6.11. The van der Waals surface area contributed by atoms with Gasteiger partial charge in [-0.3, -0.25) is 0 Å². The summed E-state index contributed by atoms with van der Waals surface area (Å²) in [6.45, 7) is 6.28. The van der Waals surface area contributed by atoms with Gasteiger partial charge in [0.05, 0.1) is 18.8 Å². The molecule has 0 spiro atoms. The van der Waals surface area contributed by atoms with Crippen molar-refractivity contribution >= 4 is 17.3 Å². The predicted octanol–water partition coefficient (Wildman–Crippen LogP) is 2.28. The van der Waals surface area contributed by atoms with Crippen LogP contribution in [-0.2, 0) is 11.3 Å². The van der Waals surface area contributed by atoms with E-state index >= 15 is 0 Å². The van der Waals surface area contributed by atoms with E-state index in [1.165, 1.54) is 0 Å². The summed E-state index contributed by atoms with van der Waals surface area (Å²) in [5, 5.41) is 13.6. The van der Waals surface area contributed by atoms with Gasteiger partial charge in [0.2, 0.25) is 0 Å². The third kappa shape index (κ3) is 4.63. The Labute approximate surface area is 126 Å². The van der Waals surface area contributed by atoms with Gasteiger partial charge in [-0.2, -0.15) is 0 Å². The highest BCUT2D eigenvalue weighted by atomic mass is 35.5. The monoisotopic (exact) mass is 300 g/mol. The number of nitrogens with zero attached hydrogens (tertiary/aromatic N) is 1. The molecule has 0 aromatic heterocycles. The molecule has 0 aliphatic heterocycles. The lowest BCUT2D eigenvalue weighted by Crippen LogP contribution is -2.45. The number of hydrogen-bond donors (Lipinski definition) is 2. The van der Waals surface area contributed by atoms with E-state index in [2.05, 4.69) is 10.2 Å². The zero-order valence-electron chi connectivity index (χ0n) is 12.7. The van der Waals surface area contributed by atoms with Crippen LogP contribution in [0.25, 0.3) is 0 Å². The van der Waals surface area contributed by atoms with Crippen LogP contribution in [0.2, 0.25) is 5.02 Å². The number of likely N-dealkylation sites (N-methyl/N-ethyl adjacent to an activating group) is 1. The van der Waals surface area contributed by atoms with Crippen molar-refractivity contribution in [1.29, 1.82) is 0 Å². The first-order valence-electron chi connectivity index (χ1n) is 6.75. The van der Waals surface area contributed by atoms with Crippen LogP contribution in [0.4, 0.5) is 5.69 Å². The second-order valence-electron chi connectivity index (χ2n) is 5.47. The molecule has 4 nitrogen and oxygen atoms in total. The molecule has 0 saturated heterocycles. The highest BCUT2D eigenvalue weighted by Gasteiger charge is 2.24. The smallest absolute Gasteiger partial charge is 0.0658 e. The minimum atomic E-state index is -0.341. The second-order valence-corrected chi connectivity index (χ2v) is 5.91. The van der Waals surface area contributed by atoms with Crippen molar-refractivity contribution in [3.63, 3.8) is 0 Å². The minimum Gasteiger partial charge on any atom is -0.394 e. The summed E-state index contributed by atoms with van der Waals surface area (Å²) in [6, 6.07) is 5.84. The molecule has 0 atom stereocenters. The Kier molecular flexibility index (Phi) is 6.76. The summed E-state index contributed by atoms with van der Waals surface area (Å²) in [4.78, 5) is 2.06. The summed E-state index contributed by atoms with van der Waals surface area (Å²) in [7, 11) is 3.66. The maximum absolute atomic E-state index is 9.53. The van der Waals surface area contributed by atoms with Gasteiger partial charge in [0.25, 0.3) is 0 Å². The normalized spacial score (nSPS) is 11.7. The highest BCUT2D eigenvalue weighted by Crippen LogP contribution is 2.29. The van der Waals surface area contributed by atoms with Crippen molar-refractivity contribution in [2.75, 3.05) is 38.8 Å². The van der Waals surface area contributed by atoms with Gasteiger partial charge >= 0.3 is 0 Å². The van der Waals surface area contributed by atoms with Crippen molar-refractivity contribution in [3.05, 3.63) is 28.8 Å². The fraction of sp³-hybridized carbons (Fsp3) is 0.600. The molecule has 0 bridgehead atoms. The van der Waals surface area contributed by atoms with Crippen LogP contribution in [0.15, 0.2) is 18.2 Å². The largest absolute Gasteiger partial charge is 0.394 e. The van der Waals surface area contributed by atoms with E-state index in [0.29, 0.717) is 11.6 Å². The molecule has 0 aliphatic carbocycles. The van der Waals surface area contributed by atoms with Gasteiger partial charge in [0.15, 0.2) is 0 Å². The number of aliphatic hydroxyl groups excluding tert-OH is 1. The number of hydrogen-bond acceptors (Lipinski definition) is 4. The molecular formula is C15H25ClN2O2. The van der Waals surface area contributed by atoms with Gasteiger partial charge in [0.1, 0.15) is 0 Å². The van der Waals surface area contributed by atoms with Crippen LogP contribution in [0.1, 0.15) is 19.4 Å². The fourth-order valence-electron chi connectivity index (χ4n) is 1.83. The summed E-state index contributed by atoms with van der Waals surface area (Å²) in [5.74, 6) is 0. The number of halogens is 1. The van der Waals surface area contributed by atoms with Gasteiger partial charge < -0.3 is 20.1 Å². The molecule has 5 heteroatoms. The lowest BCUT2D eigenvalue weighted by molar-refractivity contribution is 0.199. The van der Waals surface area contributed by atoms with Gasteiger partial charge in [-0.05, 0) is 31.5 Å². The summed E-state index contributed by atoms with van der Waals surface area (Å²) in [6.07, 6.45) is 0. The lowest BCUT2D eigenvalue weighted by atomic mass is 10.0. The van der Waals surface area contributed by atoms with E-state index in [4.69, 9.17) is 16.3 Å². The Morgan fingerprint density at radius 1 is 1.40 bits per heavy atom. The predicted molar refractivity (Wildman–Crippen MR) is 84.6 cm³/mol. The zero-order valence-corrected chi connectivity index (χ0v) is 13.5. The maximum atomic E-state index is 9.53. The zero-order chi connectivity index (χ0) is 15.2. The van der Waals surface area contributed by atoms with Crippen molar-refractivity contribution in [2.45, 2.75) is 25.9 Å². The third-order valence-corrected chi connectivity index (χ3v) is 3.74. The molecular weight excluding hydrogens is 276 g/mol. The standard InChI is InChI=1S/C15H25ClN2O2/c1-15(2,11-19)18(3)14-9-13(16)6-5-12(14)10-17-7-8-20-4/h5-6,9,17,19H,7-8,10-11H2,1-4H3. The Morgan fingerprint density at radius 3 is 2.70 bits per heavy atom. The average molecular weight is 301 g/mol. The average Bonchev–Trinajstić information content (AvgIpc) is 2.44. The first kappa shape index (κ1) is 17.2. The SMILES string of the molecule is COCCNCc1ccc(Cl)cc1N(C)C(C)(C)CO. The molecule has 1 rings (SSSR count). The van der Waals surface area contributed by atoms with E-state index in [0.717, 1.165) is 24.3 Å². The molecule has 0 unspecified atom stereocenters. The quantitative estimate of drug-likeness (QED) is 0.723. The topological polar surface area (TPSA) is 44.7 Å². The fourth-order valence-corrected chi connectivity index (χ4v) is 1.99. The van der Waals surface area contributed by atoms with Crippen LogP contribution >= 0.6 is 11.6 Å². The van der Waals surface area contributed by atoms with Gasteiger partial charge in [-0.1, -0.05) is 17.7 Å². The summed E-state index contributed by atoms with van der Waals surface area (Å²) < 4.78 is 5.02.